The Bertz CT molecular complexity index is 445. The molecule has 2 aliphatic rings. The number of benzene rings is 1. The normalized spacial score (nSPS) is 31.2. The van der Waals surface area contributed by atoms with E-state index < -0.39 is 0 Å². The lowest BCUT2D eigenvalue weighted by molar-refractivity contribution is -0.121. The molecule has 1 aliphatic heterocycles. The van der Waals surface area contributed by atoms with Gasteiger partial charge in [-0.1, -0.05) is 17.7 Å². The lowest BCUT2D eigenvalue weighted by Crippen LogP contribution is -2.39. The molecule has 0 bridgehead atoms. The van der Waals surface area contributed by atoms with E-state index in [1.807, 2.05) is 0 Å². The Morgan fingerprint density at radius 1 is 1.41 bits per heavy atom. The van der Waals surface area contributed by atoms with E-state index in [0.717, 1.165) is 6.54 Å². The maximum absolute atomic E-state index is 11.5. The summed E-state index contributed by atoms with van der Waals surface area (Å²) >= 11 is 1.66. The summed E-state index contributed by atoms with van der Waals surface area (Å²) in [5.74, 6) is 1.05. The van der Waals surface area contributed by atoms with Crippen LogP contribution >= 0.6 is 11.9 Å². The summed E-state index contributed by atoms with van der Waals surface area (Å²) in [5, 5.41) is 0. The van der Waals surface area contributed by atoms with Crippen LogP contribution < -0.4 is 5.73 Å². The first kappa shape index (κ1) is 11.1. The molecule has 1 amide bonds. The topological polar surface area (TPSA) is 46.3 Å². The third-order valence-electron chi connectivity index (χ3n) is 3.64. The molecule has 90 valence electrons. The van der Waals surface area contributed by atoms with Crippen molar-refractivity contribution in [2.75, 3.05) is 6.54 Å². The molecule has 0 spiro atoms. The molecule has 0 radical (unpaired) electrons. The van der Waals surface area contributed by atoms with Crippen LogP contribution in [0.1, 0.15) is 12.0 Å². The van der Waals surface area contributed by atoms with E-state index in [9.17, 15) is 4.79 Å². The summed E-state index contributed by atoms with van der Waals surface area (Å²) in [5.41, 5.74) is 6.74. The number of aryl methyl sites for hydroxylation is 1. The Balaban J connectivity index is 1.73. The average molecular weight is 248 g/mol. The van der Waals surface area contributed by atoms with Gasteiger partial charge in [-0.3, -0.25) is 4.79 Å². The molecule has 2 N–H and O–H groups in total. The number of primary amides is 1. The molecule has 17 heavy (non-hydrogen) atoms. The van der Waals surface area contributed by atoms with E-state index in [1.54, 1.807) is 11.9 Å². The Morgan fingerprint density at radius 2 is 2.12 bits per heavy atom. The van der Waals surface area contributed by atoms with Crippen molar-refractivity contribution in [3.63, 3.8) is 0 Å². The Morgan fingerprint density at radius 3 is 2.76 bits per heavy atom. The predicted octanol–water partition coefficient (Wildman–Crippen LogP) is 1.81. The first-order valence-electron chi connectivity index (χ1n) is 5.96. The van der Waals surface area contributed by atoms with Crippen molar-refractivity contribution >= 4 is 17.9 Å². The standard InChI is InChI=1S/C13H16N2OS/c1-8-2-4-10(5-3-8)17-15-7-9-6-11(9)12(15)13(14)16/h2-5,9,11-12H,6-7H2,1H3,(H2,14,16). The fraction of sp³-hybridized carbons (Fsp3) is 0.462. The van der Waals surface area contributed by atoms with Crippen LogP contribution in [0.3, 0.4) is 0 Å². The van der Waals surface area contributed by atoms with Crippen molar-refractivity contribution in [1.29, 1.82) is 0 Å². The average Bonchev–Trinajstić information content (AvgIpc) is 2.93. The first-order valence-corrected chi connectivity index (χ1v) is 6.73. The molecule has 1 aromatic rings. The summed E-state index contributed by atoms with van der Waals surface area (Å²) in [6.45, 7) is 3.07. The zero-order valence-corrected chi connectivity index (χ0v) is 10.6. The number of nitrogens with two attached hydrogens (primary N) is 1. The number of piperidine rings is 1. The van der Waals surface area contributed by atoms with E-state index >= 15 is 0 Å². The molecular formula is C13H16N2OS. The summed E-state index contributed by atoms with van der Waals surface area (Å²) in [7, 11) is 0. The van der Waals surface area contributed by atoms with Crippen LogP contribution in [-0.2, 0) is 4.79 Å². The summed E-state index contributed by atoms with van der Waals surface area (Å²) in [6, 6.07) is 8.33. The number of carbonyl (C=O) groups excluding carboxylic acids is 1. The molecule has 0 aromatic heterocycles. The number of hydrogen-bond acceptors (Lipinski definition) is 3. The fourth-order valence-corrected chi connectivity index (χ4v) is 3.78. The van der Waals surface area contributed by atoms with Crippen molar-refractivity contribution in [3.8, 4) is 0 Å². The molecule has 4 heteroatoms. The monoisotopic (exact) mass is 248 g/mol. The highest BCUT2D eigenvalue weighted by Gasteiger charge is 2.55. The minimum Gasteiger partial charge on any atom is -0.368 e. The van der Waals surface area contributed by atoms with Crippen LogP contribution in [-0.4, -0.2) is 22.8 Å². The molecule has 1 saturated carbocycles. The van der Waals surface area contributed by atoms with Gasteiger partial charge in [-0.15, -0.1) is 0 Å². The van der Waals surface area contributed by atoms with Gasteiger partial charge in [-0.25, -0.2) is 4.31 Å². The molecule has 3 nitrogen and oxygen atoms in total. The lowest BCUT2D eigenvalue weighted by atomic mass is 10.2. The maximum Gasteiger partial charge on any atom is 0.236 e. The Kier molecular flexibility index (Phi) is 2.64. The number of nitrogens with zero attached hydrogens (tertiary/aromatic N) is 1. The second kappa shape index (κ2) is 4.03. The molecule has 3 atom stereocenters. The predicted molar refractivity (Wildman–Crippen MR) is 68.3 cm³/mol. The molecule has 1 heterocycles. The third-order valence-corrected chi connectivity index (χ3v) is 4.74. The van der Waals surface area contributed by atoms with Gasteiger partial charge in [0.15, 0.2) is 0 Å². The van der Waals surface area contributed by atoms with Gasteiger partial charge in [0, 0.05) is 11.4 Å². The van der Waals surface area contributed by atoms with E-state index in [0.29, 0.717) is 11.8 Å². The molecule has 1 aromatic carbocycles. The highest BCUT2D eigenvalue weighted by molar-refractivity contribution is 7.97. The molecule has 1 aliphatic carbocycles. The van der Waals surface area contributed by atoms with Gasteiger partial charge >= 0.3 is 0 Å². The van der Waals surface area contributed by atoms with Crippen molar-refractivity contribution in [3.05, 3.63) is 29.8 Å². The van der Waals surface area contributed by atoms with Crippen molar-refractivity contribution in [2.45, 2.75) is 24.3 Å². The third kappa shape index (κ3) is 2.07. The molecule has 3 rings (SSSR count). The van der Waals surface area contributed by atoms with Crippen LogP contribution in [0, 0.1) is 18.8 Å². The number of hydrogen-bond donors (Lipinski definition) is 1. The largest absolute Gasteiger partial charge is 0.368 e. The maximum atomic E-state index is 11.5. The van der Waals surface area contributed by atoms with Crippen LogP contribution in [0.4, 0.5) is 0 Å². The fourth-order valence-electron chi connectivity index (χ4n) is 2.61. The van der Waals surface area contributed by atoms with Gasteiger partial charge in [0.1, 0.15) is 6.04 Å². The molecular weight excluding hydrogens is 232 g/mol. The SMILES string of the molecule is Cc1ccc(SN2CC3CC3C2C(N)=O)cc1. The number of rotatable bonds is 3. The van der Waals surface area contributed by atoms with Gasteiger partial charge in [-0.05, 0) is 49.3 Å². The second-order valence-corrected chi connectivity index (χ2v) is 6.13. The van der Waals surface area contributed by atoms with E-state index in [2.05, 4.69) is 35.5 Å². The quantitative estimate of drug-likeness (QED) is 0.830. The molecule has 1 saturated heterocycles. The van der Waals surface area contributed by atoms with E-state index in [-0.39, 0.29) is 11.9 Å². The van der Waals surface area contributed by atoms with Crippen LogP contribution in [0.15, 0.2) is 29.2 Å². The molecule has 3 unspecified atom stereocenters. The zero-order chi connectivity index (χ0) is 12.0. The number of amides is 1. The van der Waals surface area contributed by atoms with Crippen LogP contribution in [0.25, 0.3) is 0 Å². The van der Waals surface area contributed by atoms with E-state index in [4.69, 9.17) is 5.73 Å². The Hall–Kier alpha value is -1.00. The van der Waals surface area contributed by atoms with Crippen molar-refractivity contribution in [1.82, 2.24) is 4.31 Å². The van der Waals surface area contributed by atoms with Crippen LogP contribution in [0.5, 0.6) is 0 Å². The summed E-state index contributed by atoms with van der Waals surface area (Å²) in [4.78, 5) is 12.6. The smallest absolute Gasteiger partial charge is 0.236 e. The highest BCUT2D eigenvalue weighted by Crippen LogP contribution is 2.52. The zero-order valence-electron chi connectivity index (χ0n) is 9.80. The summed E-state index contributed by atoms with van der Waals surface area (Å²) < 4.78 is 2.16. The lowest BCUT2D eigenvalue weighted by Gasteiger charge is -2.23. The minimum atomic E-state index is -0.172. The Labute approximate surface area is 105 Å². The van der Waals surface area contributed by atoms with Gasteiger partial charge in [0.2, 0.25) is 5.91 Å². The van der Waals surface area contributed by atoms with Crippen LogP contribution in [0.2, 0.25) is 0 Å². The number of carbonyl (C=O) groups is 1. The number of fused-ring (bicyclic) bond motifs is 1. The molecule has 2 fully saturated rings. The van der Waals surface area contributed by atoms with Gasteiger partial charge in [0.05, 0.1) is 0 Å². The highest BCUT2D eigenvalue weighted by atomic mass is 32.2. The summed E-state index contributed by atoms with van der Waals surface area (Å²) in [6.07, 6.45) is 1.18. The van der Waals surface area contributed by atoms with Gasteiger partial charge < -0.3 is 5.73 Å². The second-order valence-electron chi connectivity index (χ2n) is 5.01. The van der Waals surface area contributed by atoms with Crippen molar-refractivity contribution in [2.24, 2.45) is 17.6 Å². The minimum absolute atomic E-state index is 0.0636. The van der Waals surface area contributed by atoms with Gasteiger partial charge in [-0.2, -0.15) is 0 Å². The van der Waals surface area contributed by atoms with Crippen molar-refractivity contribution < 1.29 is 4.79 Å². The van der Waals surface area contributed by atoms with Gasteiger partial charge in [0.25, 0.3) is 0 Å². The van der Waals surface area contributed by atoms with E-state index in [1.165, 1.54) is 16.9 Å². The first-order chi connectivity index (χ1) is 8.15.